The number of hydrogen-bond donors (Lipinski definition) is 0. The number of rotatable bonds is 8. The van der Waals surface area contributed by atoms with Crippen molar-refractivity contribution in [2.24, 2.45) is 5.92 Å². The number of ketones is 1. The van der Waals surface area contributed by atoms with Crippen molar-refractivity contribution in [2.45, 2.75) is 71.4 Å². The Morgan fingerprint density at radius 3 is 2.59 bits per heavy atom. The highest BCUT2D eigenvalue weighted by atomic mass is 35.5. The second-order valence-corrected chi connectivity index (χ2v) is 9.97. The molecule has 2 fully saturated rings. The van der Waals surface area contributed by atoms with Gasteiger partial charge in [-0.05, 0) is 96.4 Å². The molecule has 4 rings (SSSR count). The van der Waals surface area contributed by atoms with Gasteiger partial charge in [-0.1, -0.05) is 18.0 Å². The molecule has 6 heteroatoms. The van der Waals surface area contributed by atoms with Crippen LogP contribution < -0.4 is 0 Å². The van der Waals surface area contributed by atoms with E-state index in [9.17, 15) is 4.79 Å². The number of carbonyl (C=O) groups is 1. The van der Waals surface area contributed by atoms with Crippen LogP contribution in [0.25, 0.3) is 11.5 Å². The number of likely N-dealkylation sites (tertiary alicyclic amines) is 2. The highest BCUT2D eigenvalue weighted by molar-refractivity contribution is 6.30. The predicted molar refractivity (Wildman–Crippen MR) is 129 cm³/mol. The van der Waals surface area contributed by atoms with Crippen LogP contribution in [0.5, 0.6) is 0 Å². The van der Waals surface area contributed by atoms with Gasteiger partial charge in [0.05, 0.1) is 5.69 Å². The topological polar surface area (TPSA) is 49.6 Å². The zero-order valence-corrected chi connectivity index (χ0v) is 20.2. The maximum absolute atomic E-state index is 12.8. The minimum absolute atomic E-state index is 0.230. The fourth-order valence-electron chi connectivity index (χ4n) is 5.07. The van der Waals surface area contributed by atoms with Crippen molar-refractivity contribution in [3.8, 4) is 11.5 Å². The summed E-state index contributed by atoms with van der Waals surface area (Å²) in [5.41, 5.74) is 1.92. The molecule has 32 heavy (non-hydrogen) atoms. The summed E-state index contributed by atoms with van der Waals surface area (Å²) in [6.07, 6.45) is 7.63. The predicted octanol–water partition coefficient (Wildman–Crippen LogP) is 5.74. The van der Waals surface area contributed by atoms with Crippen molar-refractivity contribution in [3.63, 3.8) is 0 Å². The maximum Gasteiger partial charge on any atom is 0.226 e. The fourth-order valence-corrected chi connectivity index (χ4v) is 5.19. The standard InChI is InChI=1S/C26H36ClN3O2/c1-19-6-3-4-14-30(19)15-5-7-25(31)21-12-16-29(17-13-21)18-24-20(2)32-26(28-24)22-8-10-23(27)11-9-22/h8-11,19,21H,3-7,12-18H2,1-2H3. The van der Waals surface area contributed by atoms with Crippen LogP contribution in [0.15, 0.2) is 28.7 Å². The third kappa shape index (κ3) is 6.00. The van der Waals surface area contributed by atoms with Crippen molar-refractivity contribution in [1.82, 2.24) is 14.8 Å². The van der Waals surface area contributed by atoms with Crippen LogP contribution in [0.2, 0.25) is 5.02 Å². The Kier molecular flexibility index (Phi) is 8.03. The van der Waals surface area contributed by atoms with E-state index >= 15 is 0 Å². The van der Waals surface area contributed by atoms with Crippen LogP contribution in [0.1, 0.15) is 63.3 Å². The van der Waals surface area contributed by atoms with Crippen LogP contribution in [0, 0.1) is 12.8 Å². The largest absolute Gasteiger partial charge is 0.441 e. The third-order valence-electron chi connectivity index (χ3n) is 7.21. The number of hydrogen-bond acceptors (Lipinski definition) is 5. The first-order chi connectivity index (χ1) is 15.5. The quantitative estimate of drug-likeness (QED) is 0.506. The molecule has 2 aliphatic heterocycles. The van der Waals surface area contributed by atoms with Crippen LogP contribution >= 0.6 is 11.6 Å². The van der Waals surface area contributed by atoms with Gasteiger partial charge in [0.25, 0.3) is 0 Å². The van der Waals surface area contributed by atoms with Crippen molar-refractivity contribution in [2.75, 3.05) is 26.2 Å². The first kappa shape index (κ1) is 23.5. The summed E-state index contributed by atoms with van der Waals surface area (Å²) in [4.78, 5) is 22.4. The molecule has 0 amide bonds. The molecule has 0 aliphatic carbocycles. The molecule has 3 heterocycles. The average molecular weight is 458 g/mol. The molecule has 1 aromatic carbocycles. The smallest absolute Gasteiger partial charge is 0.226 e. The lowest BCUT2D eigenvalue weighted by Crippen LogP contribution is -2.38. The Morgan fingerprint density at radius 2 is 1.88 bits per heavy atom. The molecule has 1 aromatic heterocycles. The number of halogens is 1. The zero-order chi connectivity index (χ0) is 22.5. The van der Waals surface area contributed by atoms with Gasteiger partial charge in [0.15, 0.2) is 0 Å². The van der Waals surface area contributed by atoms with E-state index in [1.807, 2.05) is 31.2 Å². The van der Waals surface area contributed by atoms with E-state index < -0.39 is 0 Å². The molecule has 5 nitrogen and oxygen atoms in total. The van der Waals surface area contributed by atoms with E-state index in [-0.39, 0.29) is 5.92 Å². The molecule has 0 saturated carbocycles. The molecule has 0 radical (unpaired) electrons. The highest BCUT2D eigenvalue weighted by Crippen LogP contribution is 2.26. The van der Waals surface area contributed by atoms with Crippen molar-refractivity contribution in [1.29, 1.82) is 0 Å². The normalized spacial score (nSPS) is 21.2. The molecular formula is C26H36ClN3O2. The minimum atomic E-state index is 0.230. The third-order valence-corrected chi connectivity index (χ3v) is 7.46. The Hall–Kier alpha value is -1.69. The number of nitrogens with zero attached hydrogens (tertiary/aromatic N) is 3. The lowest BCUT2D eigenvalue weighted by Gasteiger charge is -2.33. The second kappa shape index (κ2) is 11.0. The summed E-state index contributed by atoms with van der Waals surface area (Å²) < 4.78 is 5.90. The highest BCUT2D eigenvalue weighted by Gasteiger charge is 2.26. The van der Waals surface area contributed by atoms with Crippen molar-refractivity contribution >= 4 is 17.4 Å². The Labute approximate surface area is 197 Å². The number of aromatic nitrogens is 1. The molecule has 2 aliphatic rings. The van der Waals surface area contributed by atoms with Gasteiger partial charge in [-0.3, -0.25) is 9.69 Å². The Bertz CT molecular complexity index is 887. The molecular weight excluding hydrogens is 422 g/mol. The second-order valence-electron chi connectivity index (χ2n) is 9.53. The molecule has 1 unspecified atom stereocenters. The van der Waals surface area contributed by atoms with Crippen molar-refractivity contribution in [3.05, 3.63) is 40.7 Å². The number of benzene rings is 1. The molecule has 0 bridgehead atoms. The first-order valence-electron chi connectivity index (χ1n) is 12.2. The lowest BCUT2D eigenvalue weighted by atomic mass is 9.90. The monoisotopic (exact) mass is 457 g/mol. The summed E-state index contributed by atoms with van der Waals surface area (Å²) in [7, 11) is 0. The van der Waals surface area contributed by atoms with Gasteiger partial charge in [0, 0.05) is 35.5 Å². The molecule has 2 saturated heterocycles. The zero-order valence-electron chi connectivity index (χ0n) is 19.5. The van der Waals surface area contributed by atoms with Crippen LogP contribution in [-0.4, -0.2) is 52.8 Å². The molecule has 174 valence electrons. The fraction of sp³-hybridized carbons (Fsp3) is 0.615. The van der Waals surface area contributed by atoms with Crippen LogP contribution in [0.4, 0.5) is 0 Å². The number of Topliss-reactive ketones (excluding diaryl/α,β-unsaturated/α-hetero) is 1. The summed E-state index contributed by atoms with van der Waals surface area (Å²) in [5.74, 6) is 2.20. The summed E-state index contributed by atoms with van der Waals surface area (Å²) in [5, 5.41) is 0.704. The molecule has 0 spiro atoms. The summed E-state index contributed by atoms with van der Waals surface area (Å²) >= 11 is 5.98. The van der Waals surface area contributed by atoms with E-state index in [1.54, 1.807) is 0 Å². The van der Waals surface area contributed by atoms with Gasteiger partial charge in [0.2, 0.25) is 5.89 Å². The Morgan fingerprint density at radius 1 is 1.12 bits per heavy atom. The molecule has 2 aromatic rings. The molecule has 0 N–H and O–H groups in total. The van der Waals surface area contributed by atoms with Gasteiger partial charge in [-0.15, -0.1) is 0 Å². The van der Waals surface area contributed by atoms with E-state index in [2.05, 4.69) is 16.7 Å². The van der Waals surface area contributed by atoms with Crippen LogP contribution in [0.3, 0.4) is 0 Å². The van der Waals surface area contributed by atoms with E-state index in [1.165, 1.54) is 25.8 Å². The number of carbonyl (C=O) groups excluding carboxylic acids is 1. The van der Waals surface area contributed by atoms with E-state index in [0.717, 1.165) is 68.9 Å². The lowest BCUT2D eigenvalue weighted by molar-refractivity contribution is -0.124. The van der Waals surface area contributed by atoms with E-state index in [4.69, 9.17) is 21.0 Å². The first-order valence-corrected chi connectivity index (χ1v) is 12.6. The van der Waals surface area contributed by atoms with E-state index in [0.29, 0.717) is 22.7 Å². The van der Waals surface area contributed by atoms with Crippen molar-refractivity contribution < 1.29 is 9.21 Å². The Balaban J connectivity index is 1.22. The summed E-state index contributed by atoms with van der Waals surface area (Å²) in [6.45, 7) is 9.25. The van der Waals surface area contributed by atoms with Gasteiger partial charge in [-0.25, -0.2) is 4.98 Å². The van der Waals surface area contributed by atoms with Gasteiger partial charge >= 0.3 is 0 Å². The average Bonchev–Trinajstić information content (AvgIpc) is 3.16. The van der Waals surface area contributed by atoms with Gasteiger partial charge < -0.3 is 9.32 Å². The maximum atomic E-state index is 12.8. The minimum Gasteiger partial charge on any atom is -0.441 e. The van der Waals surface area contributed by atoms with Gasteiger partial charge in [0.1, 0.15) is 11.5 Å². The van der Waals surface area contributed by atoms with Gasteiger partial charge in [-0.2, -0.15) is 0 Å². The van der Waals surface area contributed by atoms with Crippen LogP contribution in [-0.2, 0) is 11.3 Å². The summed E-state index contributed by atoms with van der Waals surface area (Å²) in [6, 6.07) is 8.25. The molecule has 1 atom stereocenters. The number of aryl methyl sites for hydroxylation is 1. The number of piperidine rings is 2. The number of oxazole rings is 1. The SMILES string of the molecule is Cc1oc(-c2ccc(Cl)cc2)nc1CN1CCC(C(=O)CCCN2CCCCC2C)CC1.